The Hall–Kier alpha value is -1.54. The first-order valence-electron chi connectivity index (χ1n) is 5.12. The predicted molar refractivity (Wildman–Crippen MR) is 62.7 cm³/mol. The molecule has 0 bridgehead atoms. The molecule has 19 heavy (non-hydrogen) atoms. The lowest BCUT2D eigenvalue weighted by atomic mass is 10.2. The number of rotatable bonds is 4. The van der Waals surface area contributed by atoms with Gasteiger partial charge in [0.25, 0.3) is 5.91 Å². The molecule has 0 aliphatic heterocycles. The first kappa shape index (κ1) is 15.5. The molecule has 9 heteroatoms. The van der Waals surface area contributed by atoms with Crippen LogP contribution in [0.4, 0.5) is 19.0 Å². The molecule has 1 heterocycles. The van der Waals surface area contributed by atoms with Crippen LogP contribution in [0.3, 0.4) is 0 Å². The summed E-state index contributed by atoms with van der Waals surface area (Å²) >= 11 is 5.70. The summed E-state index contributed by atoms with van der Waals surface area (Å²) in [5, 5.41) is 8.61. The van der Waals surface area contributed by atoms with Crippen molar-refractivity contribution < 1.29 is 23.1 Å². The Morgan fingerprint density at radius 1 is 1.53 bits per heavy atom. The Kier molecular flexibility index (Phi) is 4.96. The number of carbonyl (C=O) groups excluding carboxylic acids is 1. The van der Waals surface area contributed by atoms with Gasteiger partial charge in [0.15, 0.2) is 0 Å². The maximum atomic E-state index is 12.3. The van der Waals surface area contributed by atoms with Crippen molar-refractivity contribution in [3.8, 4) is 0 Å². The maximum Gasteiger partial charge on any atom is 0.406 e. The highest BCUT2D eigenvalue weighted by Gasteiger charge is 2.33. The van der Waals surface area contributed by atoms with Crippen molar-refractivity contribution in [1.82, 2.24) is 9.88 Å². The summed E-state index contributed by atoms with van der Waals surface area (Å²) in [5.74, 6) is -1.01. The minimum absolute atomic E-state index is 0.0382. The molecule has 0 radical (unpaired) electrons. The highest BCUT2D eigenvalue weighted by molar-refractivity contribution is 6.33. The van der Waals surface area contributed by atoms with Gasteiger partial charge in [0.05, 0.1) is 17.2 Å². The van der Waals surface area contributed by atoms with Crippen LogP contribution >= 0.6 is 11.6 Å². The third-order valence-corrected chi connectivity index (χ3v) is 2.44. The second kappa shape index (κ2) is 6.07. The van der Waals surface area contributed by atoms with Crippen molar-refractivity contribution in [2.24, 2.45) is 0 Å². The third kappa shape index (κ3) is 4.56. The summed E-state index contributed by atoms with van der Waals surface area (Å²) in [6.45, 7) is -2.54. The quantitative estimate of drug-likeness (QED) is 0.878. The van der Waals surface area contributed by atoms with E-state index in [9.17, 15) is 18.0 Å². The van der Waals surface area contributed by atoms with Gasteiger partial charge in [-0.15, -0.1) is 0 Å². The Balaban J connectivity index is 3.02. The Morgan fingerprint density at radius 2 is 2.16 bits per heavy atom. The molecule has 0 aliphatic carbocycles. The summed E-state index contributed by atoms with van der Waals surface area (Å²) < 4.78 is 37.0. The number of hydrogen-bond acceptors (Lipinski definition) is 4. The summed E-state index contributed by atoms with van der Waals surface area (Å²) in [6, 6.07) is 1.09. The molecule has 0 atom stereocenters. The van der Waals surface area contributed by atoms with Gasteiger partial charge in [-0.25, -0.2) is 4.98 Å². The van der Waals surface area contributed by atoms with Crippen molar-refractivity contribution >= 4 is 23.3 Å². The Morgan fingerprint density at radius 3 is 2.68 bits per heavy atom. The predicted octanol–water partition coefficient (Wildman–Crippen LogP) is 1.31. The van der Waals surface area contributed by atoms with Crippen molar-refractivity contribution in [1.29, 1.82) is 0 Å². The van der Waals surface area contributed by atoms with E-state index in [1.54, 1.807) is 0 Å². The van der Waals surface area contributed by atoms with Gasteiger partial charge in [0.2, 0.25) is 0 Å². The van der Waals surface area contributed by atoms with Gasteiger partial charge < -0.3 is 15.7 Å². The van der Waals surface area contributed by atoms with Gasteiger partial charge in [-0.2, -0.15) is 13.2 Å². The highest BCUT2D eigenvalue weighted by atomic mass is 35.5. The summed E-state index contributed by atoms with van der Waals surface area (Å²) in [6.07, 6.45) is -3.50. The number of nitrogens with two attached hydrogens (primary N) is 1. The largest absolute Gasteiger partial charge is 0.406 e. The monoisotopic (exact) mass is 297 g/mol. The van der Waals surface area contributed by atoms with Crippen molar-refractivity contribution in [3.05, 3.63) is 22.8 Å². The molecule has 0 aromatic carbocycles. The van der Waals surface area contributed by atoms with Gasteiger partial charge in [-0.05, 0) is 6.07 Å². The minimum Gasteiger partial charge on any atom is -0.395 e. The zero-order valence-corrected chi connectivity index (χ0v) is 10.4. The van der Waals surface area contributed by atoms with Gasteiger partial charge in [0.1, 0.15) is 12.4 Å². The summed E-state index contributed by atoms with van der Waals surface area (Å²) in [4.78, 5) is 16.0. The highest BCUT2D eigenvalue weighted by Crippen LogP contribution is 2.22. The van der Waals surface area contributed by atoms with Crippen LogP contribution in [0.15, 0.2) is 12.3 Å². The zero-order chi connectivity index (χ0) is 14.6. The number of alkyl halides is 3. The second-order valence-electron chi connectivity index (χ2n) is 3.65. The Bertz CT molecular complexity index is 468. The molecule has 0 saturated heterocycles. The van der Waals surface area contributed by atoms with Crippen molar-refractivity contribution in [2.75, 3.05) is 25.4 Å². The van der Waals surface area contributed by atoms with E-state index in [1.807, 2.05) is 0 Å². The molecule has 0 unspecified atom stereocenters. The fourth-order valence-corrected chi connectivity index (χ4v) is 1.56. The van der Waals surface area contributed by atoms with Crippen LogP contribution in [0.25, 0.3) is 0 Å². The van der Waals surface area contributed by atoms with Gasteiger partial charge >= 0.3 is 6.18 Å². The number of pyridine rings is 1. The summed E-state index contributed by atoms with van der Waals surface area (Å²) in [5.41, 5.74) is 5.17. The molecular formula is C10H11ClF3N3O2. The molecule has 1 aromatic rings. The van der Waals surface area contributed by atoms with E-state index in [0.29, 0.717) is 4.90 Å². The van der Waals surface area contributed by atoms with Crippen LogP contribution in [-0.4, -0.2) is 46.8 Å². The summed E-state index contributed by atoms with van der Waals surface area (Å²) in [7, 11) is 0. The average Bonchev–Trinajstić information content (AvgIpc) is 2.29. The number of aromatic nitrogens is 1. The lowest BCUT2D eigenvalue weighted by Crippen LogP contribution is -2.40. The maximum absolute atomic E-state index is 12.3. The van der Waals surface area contributed by atoms with E-state index in [4.69, 9.17) is 22.4 Å². The number of aliphatic hydroxyl groups is 1. The normalized spacial score (nSPS) is 11.4. The molecule has 3 N–H and O–H groups in total. The number of carbonyl (C=O) groups is 1. The van der Waals surface area contributed by atoms with E-state index >= 15 is 0 Å². The van der Waals surface area contributed by atoms with E-state index < -0.39 is 31.8 Å². The first-order valence-corrected chi connectivity index (χ1v) is 5.50. The molecule has 1 amide bonds. The smallest absolute Gasteiger partial charge is 0.395 e. The topological polar surface area (TPSA) is 79.5 Å². The van der Waals surface area contributed by atoms with Gasteiger partial charge in [-0.3, -0.25) is 4.79 Å². The second-order valence-corrected chi connectivity index (χ2v) is 4.06. The van der Waals surface area contributed by atoms with Crippen molar-refractivity contribution in [3.63, 3.8) is 0 Å². The average molecular weight is 298 g/mol. The lowest BCUT2D eigenvalue weighted by Gasteiger charge is -2.23. The number of nitrogens with zero attached hydrogens (tertiary/aromatic N) is 2. The van der Waals surface area contributed by atoms with Crippen LogP contribution in [0, 0.1) is 0 Å². The SMILES string of the molecule is Nc1cc(C(=O)N(CCO)CC(F)(F)F)c(Cl)cn1. The van der Waals surface area contributed by atoms with Crippen LogP contribution < -0.4 is 5.73 Å². The Labute approximate surface area is 111 Å². The fourth-order valence-electron chi connectivity index (χ4n) is 1.38. The third-order valence-electron chi connectivity index (χ3n) is 2.13. The number of halogens is 4. The van der Waals surface area contributed by atoms with Crippen molar-refractivity contribution in [2.45, 2.75) is 6.18 Å². The van der Waals surface area contributed by atoms with Gasteiger partial charge in [0, 0.05) is 12.7 Å². The molecule has 1 aromatic heterocycles. The molecule has 1 rings (SSSR count). The van der Waals surface area contributed by atoms with Crippen LogP contribution in [0.2, 0.25) is 5.02 Å². The van der Waals surface area contributed by atoms with E-state index in [0.717, 1.165) is 12.3 Å². The molecule has 5 nitrogen and oxygen atoms in total. The number of hydrogen-bond donors (Lipinski definition) is 2. The van der Waals surface area contributed by atoms with E-state index in [1.165, 1.54) is 0 Å². The number of anilines is 1. The molecule has 0 fully saturated rings. The minimum atomic E-state index is -4.57. The molecule has 0 aliphatic rings. The first-order chi connectivity index (χ1) is 8.74. The fraction of sp³-hybridized carbons (Fsp3) is 0.400. The molecule has 106 valence electrons. The number of nitrogen functional groups attached to an aromatic ring is 1. The number of aliphatic hydroxyl groups excluding tert-OH is 1. The van der Waals surface area contributed by atoms with E-state index in [-0.39, 0.29) is 16.4 Å². The van der Waals surface area contributed by atoms with Crippen LogP contribution in [0.5, 0.6) is 0 Å². The zero-order valence-electron chi connectivity index (χ0n) is 9.62. The molecular weight excluding hydrogens is 287 g/mol. The lowest BCUT2D eigenvalue weighted by molar-refractivity contribution is -0.141. The molecule has 0 spiro atoms. The molecule has 0 saturated carbocycles. The van der Waals surface area contributed by atoms with Crippen LogP contribution in [-0.2, 0) is 0 Å². The van der Waals surface area contributed by atoms with Gasteiger partial charge in [-0.1, -0.05) is 11.6 Å². The standard InChI is InChI=1S/C10H11ClF3N3O2/c11-7-4-16-8(15)3-6(7)9(19)17(1-2-18)5-10(12,13)14/h3-4,18H,1-2,5H2,(H2,15,16). The van der Waals surface area contributed by atoms with E-state index in [2.05, 4.69) is 4.98 Å². The van der Waals surface area contributed by atoms with Crippen LogP contribution in [0.1, 0.15) is 10.4 Å². The number of amides is 1.